The average Bonchev–Trinajstić information content (AvgIpc) is 2.71. The van der Waals surface area contributed by atoms with Gasteiger partial charge in [0.15, 0.2) is 5.96 Å². The zero-order valence-corrected chi connectivity index (χ0v) is 20.7. The van der Waals surface area contributed by atoms with Crippen molar-refractivity contribution in [2.24, 2.45) is 10.9 Å². The summed E-state index contributed by atoms with van der Waals surface area (Å²) < 4.78 is 48.4. The van der Waals surface area contributed by atoms with Gasteiger partial charge in [-0.15, -0.1) is 24.0 Å². The fourth-order valence-corrected chi connectivity index (χ4v) is 3.47. The number of nitrogens with zero attached hydrogens (tertiary/aromatic N) is 2. The van der Waals surface area contributed by atoms with Crippen LogP contribution in [-0.4, -0.2) is 70.0 Å². The van der Waals surface area contributed by atoms with E-state index in [0.717, 1.165) is 37.3 Å². The summed E-state index contributed by atoms with van der Waals surface area (Å²) in [7, 11) is 3.33. The first kappa shape index (κ1) is 27.6. The molecule has 1 heterocycles. The molecule has 1 aliphatic heterocycles. The lowest BCUT2D eigenvalue weighted by atomic mass is 9.93. The van der Waals surface area contributed by atoms with Gasteiger partial charge in [-0.05, 0) is 69.5 Å². The lowest BCUT2D eigenvalue weighted by molar-refractivity contribution is -0.148. The van der Waals surface area contributed by atoms with E-state index in [9.17, 15) is 13.2 Å². The highest BCUT2D eigenvalue weighted by atomic mass is 127. The zero-order valence-electron chi connectivity index (χ0n) is 18.4. The van der Waals surface area contributed by atoms with Gasteiger partial charge in [-0.25, -0.2) is 0 Å². The van der Waals surface area contributed by atoms with Crippen LogP contribution in [0.2, 0.25) is 0 Å². The first-order valence-corrected chi connectivity index (χ1v) is 10.3. The summed E-state index contributed by atoms with van der Waals surface area (Å²) in [4.78, 5) is 5.71. The third kappa shape index (κ3) is 11.1. The van der Waals surface area contributed by atoms with E-state index < -0.39 is 12.7 Å². The van der Waals surface area contributed by atoms with Crippen LogP contribution in [-0.2, 0) is 0 Å². The van der Waals surface area contributed by atoms with Crippen molar-refractivity contribution < 1.29 is 22.6 Å². The summed E-state index contributed by atoms with van der Waals surface area (Å²) >= 11 is 0. The highest BCUT2D eigenvalue weighted by Crippen LogP contribution is 2.24. The predicted octanol–water partition coefficient (Wildman–Crippen LogP) is 3.91. The average molecular weight is 558 g/mol. The van der Waals surface area contributed by atoms with Crippen molar-refractivity contribution >= 4 is 29.9 Å². The SMILES string of the molecule is CN=C(NCCC1CCN(CC(F)(F)F)CC1)NCC(C)Oc1ccc(OC)cc1.I. The summed E-state index contributed by atoms with van der Waals surface area (Å²) in [5, 5.41) is 6.51. The fourth-order valence-electron chi connectivity index (χ4n) is 3.47. The minimum absolute atomic E-state index is 0. The van der Waals surface area contributed by atoms with Crippen molar-refractivity contribution in [2.45, 2.75) is 38.5 Å². The second-order valence-corrected chi connectivity index (χ2v) is 7.61. The van der Waals surface area contributed by atoms with Gasteiger partial charge in [-0.1, -0.05) is 0 Å². The molecule has 0 bridgehead atoms. The molecule has 1 atom stereocenters. The van der Waals surface area contributed by atoms with Crippen LogP contribution < -0.4 is 20.1 Å². The number of piperidine rings is 1. The molecule has 6 nitrogen and oxygen atoms in total. The number of ether oxygens (including phenoxy) is 2. The summed E-state index contributed by atoms with van der Waals surface area (Å²) in [6, 6.07) is 7.43. The summed E-state index contributed by atoms with van der Waals surface area (Å²) in [5.41, 5.74) is 0. The van der Waals surface area contributed by atoms with E-state index in [1.54, 1.807) is 14.2 Å². The van der Waals surface area contributed by atoms with Crippen molar-refractivity contribution in [3.05, 3.63) is 24.3 Å². The molecule has 2 rings (SSSR count). The molecule has 0 aromatic heterocycles. The van der Waals surface area contributed by atoms with Crippen LogP contribution in [0.3, 0.4) is 0 Å². The quantitative estimate of drug-likeness (QED) is 0.274. The molecular formula is C21H34F3IN4O2. The third-order valence-corrected chi connectivity index (χ3v) is 5.13. The molecule has 0 amide bonds. The zero-order chi connectivity index (χ0) is 22.0. The molecule has 0 spiro atoms. The third-order valence-electron chi connectivity index (χ3n) is 5.13. The maximum atomic E-state index is 12.5. The van der Waals surface area contributed by atoms with Crippen LogP contribution in [0.1, 0.15) is 26.2 Å². The molecule has 1 aromatic carbocycles. The van der Waals surface area contributed by atoms with E-state index in [0.29, 0.717) is 31.5 Å². The Morgan fingerprint density at radius 2 is 1.77 bits per heavy atom. The number of benzene rings is 1. The van der Waals surface area contributed by atoms with E-state index in [2.05, 4.69) is 15.6 Å². The first-order valence-electron chi connectivity index (χ1n) is 10.3. The number of aliphatic imine (C=N–C) groups is 1. The largest absolute Gasteiger partial charge is 0.497 e. The summed E-state index contributed by atoms with van der Waals surface area (Å²) in [6.07, 6.45) is -1.65. The van der Waals surface area contributed by atoms with Crippen molar-refractivity contribution in [2.75, 3.05) is 46.9 Å². The Kier molecular flexibility index (Phi) is 12.3. The van der Waals surface area contributed by atoms with Crippen LogP contribution in [0.25, 0.3) is 0 Å². The highest BCUT2D eigenvalue weighted by molar-refractivity contribution is 14.0. The molecular weight excluding hydrogens is 524 g/mol. The number of halogens is 4. The van der Waals surface area contributed by atoms with Crippen LogP contribution >= 0.6 is 24.0 Å². The summed E-state index contributed by atoms with van der Waals surface area (Å²) in [5.74, 6) is 2.68. The number of nitrogens with one attached hydrogen (secondary N) is 2. The Balaban J connectivity index is 0.00000480. The molecule has 0 aliphatic carbocycles. The fraction of sp³-hybridized carbons (Fsp3) is 0.667. The monoisotopic (exact) mass is 558 g/mol. The minimum Gasteiger partial charge on any atom is -0.497 e. The number of hydrogen-bond donors (Lipinski definition) is 2. The number of methoxy groups -OCH3 is 1. The Morgan fingerprint density at radius 3 is 2.32 bits per heavy atom. The van der Waals surface area contributed by atoms with E-state index in [1.807, 2.05) is 31.2 Å². The molecule has 1 aromatic rings. The molecule has 1 unspecified atom stereocenters. The smallest absolute Gasteiger partial charge is 0.401 e. The lowest BCUT2D eigenvalue weighted by Crippen LogP contribution is -2.43. The molecule has 178 valence electrons. The molecule has 1 fully saturated rings. The number of hydrogen-bond acceptors (Lipinski definition) is 4. The van der Waals surface area contributed by atoms with Gasteiger partial charge in [0.05, 0.1) is 20.2 Å². The topological polar surface area (TPSA) is 58.1 Å². The van der Waals surface area contributed by atoms with Crippen LogP contribution in [0.5, 0.6) is 11.5 Å². The van der Waals surface area contributed by atoms with Crippen molar-refractivity contribution in [1.82, 2.24) is 15.5 Å². The van der Waals surface area contributed by atoms with Crippen molar-refractivity contribution in [3.8, 4) is 11.5 Å². The molecule has 0 saturated carbocycles. The minimum atomic E-state index is -4.11. The second-order valence-electron chi connectivity index (χ2n) is 7.61. The summed E-state index contributed by atoms with van der Waals surface area (Å²) in [6.45, 7) is 3.51. The van der Waals surface area contributed by atoms with Gasteiger partial charge in [0.25, 0.3) is 0 Å². The van der Waals surface area contributed by atoms with Crippen molar-refractivity contribution in [3.63, 3.8) is 0 Å². The number of guanidine groups is 1. The van der Waals surface area contributed by atoms with Gasteiger partial charge >= 0.3 is 6.18 Å². The second kappa shape index (κ2) is 13.9. The number of likely N-dealkylation sites (tertiary alicyclic amines) is 1. The Hall–Kier alpha value is -1.43. The molecule has 2 N–H and O–H groups in total. The normalized spacial score (nSPS) is 16.9. The molecule has 31 heavy (non-hydrogen) atoms. The lowest BCUT2D eigenvalue weighted by Gasteiger charge is -2.32. The van der Waals surface area contributed by atoms with E-state index >= 15 is 0 Å². The first-order chi connectivity index (χ1) is 14.3. The van der Waals surface area contributed by atoms with E-state index in [1.165, 1.54) is 4.90 Å². The Labute approximate surface area is 200 Å². The Bertz CT molecular complexity index is 651. The van der Waals surface area contributed by atoms with Gasteiger partial charge in [0.1, 0.15) is 17.6 Å². The molecule has 1 saturated heterocycles. The maximum absolute atomic E-state index is 12.5. The van der Waals surface area contributed by atoms with Crippen molar-refractivity contribution in [1.29, 1.82) is 0 Å². The van der Waals surface area contributed by atoms with Crippen LogP contribution in [0.4, 0.5) is 13.2 Å². The maximum Gasteiger partial charge on any atom is 0.401 e. The highest BCUT2D eigenvalue weighted by Gasteiger charge is 2.32. The van der Waals surface area contributed by atoms with Gasteiger partial charge in [0, 0.05) is 13.6 Å². The van der Waals surface area contributed by atoms with Gasteiger partial charge < -0.3 is 20.1 Å². The van der Waals surface area contributed by atoms with Gasteiger partial charge in [-0.2, -0.15) is 13.2 Å². The molecule has 10 heteroatoms. The molecule has 0 radical (unpaired) electrons. The van der Waals surface area contributed by atoms with Crippen LogP contribution in [0.15, 0.2) is 29.3 Å². The van der Waals surface area contributed by atoms with Gasteiger partial charge in [-0.3, -0.25) is 9.89 Å². The number of rotatable bonds is 9. The predicted molar refractivity (Wildman–Crippen MR) is 128 cm³/mol. The Morgan fingerprint density at radius 1 is 1.16 bits per heavy atom. The van der Waals surface area contributed by atoms with Crippen LogP contribution in [0, 0.1) is 5.92 Å². The van der Waals surface area contributed by atoms with E-state index in [-0.39, 0.29) is 30.1 Å². The number of alkyl halides is 3. The van der Waals surface area contributed by atoms with Gasteiger partial charge in [0.2, 0.25) is 0 Å². The standard InChI is InChI=1S/C21H33F3N4O2.HI/c1-16(30-19-6-4-18(29-3)5-7-19)14-27-20(25-2)26-11-8-17-9-12-28(13-10-17)15-21(22,23)24;/h4-7,16-17H,8-15H2,1-3H3,(H2,25,26,27);1H. The van der Waals surface area contributed by atoms with E-state index in [4.69, 9.17) is 9.47 Å². The molecule has 1 aliphatic rings.